The first-order valence-electron chi connectivity index (χ1n) is 9.33. The van der Waals surface area contributed by atoms with E-state index >= 15 is 0 Å². The lowest BCUT2D eigenvalue weighted by Gasteiger charge is -2.25. The van der Waals surface area contributed by atoms with Crippen molar-refractivity contribution < 1.29 is 4.79 Å². The monoisotopic (exact) mass is 406 g/mol. The average molecular weight is 407 g/mol. The first-order valence-corrected chi connectivity index (χ1v) is 10.1. The van der Waals surface area contributed by atoms with Gasteiger partial charge in [0.25, 0.3) is 5.91 Å². The molecule has 0 fully saturated rings. The highest BCUT2D eigenvalue weighted by molar-refractivity contribution is 7.20. The van der Waals surface area contributed by atoms with Crippen molar-refractivity contribution in [1.29, 1.82) is 0 Å². The molecule has 7 nitrogen and oxygen atoms in total. The van der Waals surface area contributed by atoms with Crippen LogP contribution in [0.2, 0.25) is 0 Å². The van der Waals surface area contributed by atoms with Crippen LogP contribution < -0.4 is 0 Å². The number of nitrogens with zero attached hydrogens (tertiary/aromatic N) is 6. The molecule has 0 aliphatic carbocycles. The van der Waals surface area contributed by atoms with Gasteiger partial charge >= 0.3 is 0 Å². The second kappa shape index (κ2) is 7.36. The highest BCUT2D eigenvalue weighted by atomic mass is 32.1. The highest BCUT2D eigenvalue weighted by Gasteiger charge is 2.24. The standard InChI is InChI=1S/C21H22N6OS/c1-12-18-13(2)24-15(4)25-20(18)29-19(12)21(28)26(5)14(3)16-6-8-17(9-7-16)27-11-22-10-23-27/h6-11,14H,1-5H3/t14-/m0/s1. The molecule has 0 spiro atoms. The summed E-state index contributed by atoms with van der Waals surface area (Å²) >= 11 is 1.44. The molecule has 4 rings (SSSR count). The van der Waals surface area contributed by atoms with Crippen molar-refractivity contribution in [1.82, 2.24) is 29.6 Å². The topological polar surface area (TPSA) is 76.8 Å². The molecule has 0 N–H and O–H groups in total. The van der Waals surface area contributed by atoms with Crippen molar-refractivity contribution in [3.63, 3.8) is 0 Å². The van der Waals surface area contributed by atoms with Crippen LogP contribution in [0, 0.1) is 20.8 Å². The predicted molar refractivity (Wildman–Crippen MR) is 113 cm³/mol. The maximum Gasteiger partial charge on any atom is 0.264 e. The molecule has 1 aromatic carbocycles. The van der Waals surface area contributed by atoms with Crippen LogP contribution in [0.4, 0.5) is 0 Å². The van der Waals surface area contributed by atoms with Gasteiger partial charge in [-0.25, -0.2) is 19.6 Å². The maximum atomic E-state index is 13.3. The molecule has 0 unspecified atom stereocenters. The number of benzene rings is 1. The van der Waals surface area contributed by atoms with Gasteiger partial charge in [-0.1, -0.05) is 12.1 Å². The second-order valence-electron chi connectivity index (χ2n) is 7.12. The molecular weight excluding hydrogens is 384 g/mol. The van der Waals surface area contributed by atoms with E-state index in [1.165, 1.54) is 17.7 Å². The highest BCUT2D eigenvalue weighted by Crippen LogP contribution is 2.33. The van der Waals surface area contributed by atoms with Crippen molar-refractivity contribution in [2.45, 2.75) is 33.7 Å². The molecule has 0 aliphatic heterocycles. The van der Waals surface area contributed by atoms with E-state index in [0.717, 1.165) is 43.4 Å². The third-order valence-corrected chi connectivity index (χ3v) is 6.41. The Hall–Kier alpha value is -3.13. The first-order chi connectivity index (χ1) is 13.9. The number of carbonyl (C=O) groups is 1. The molecule has 0 aliphatic rings. The third-order valence-electron chi connectivity index (χ3n) is 5.24. The van der Waals surface area contributed by atoms with E-state index in [9.17, 15) is 4.79 Å². The molecule has 8 heteroatoms. The van der Waals surface area contributed by atoms with E-state index in [-0.39, 0.29) is 11.9 Å². The Kier molecular flexibility index (Phi) is 4.87. The summed E-state index contributed by atoms with van der Waals surface area (Å²) in [5.41, 5.74) is 3.85. The number of amides is 1. The van der Waals surface area contributed by atoms with Gasteiger partial charge in [-0.15, -0.1) is 11.3 Å². The molecule has 0 radical (unpaired) electrons. The fourth-order valence-corrected chi connectivity index (χ4v) is 4.74. The van der Waals surface area contributed by atoms with Gasteiger partial charge < -0.3 is 4.90 Å². The minimum atomic E-state index is -0.0779. The predicted octanol–water partition coefficient (Wildman–Crippen LogP) is 4.03. The van der Waals surface area contributed by atoms with Crippen LogP contribution in [-0.4, -0.2) is 42.6 Å². The van der Waals surface area contributed by atoms with Crippen LogP contribution >= 0.6 is 11.3 Å². The van der Waals surface area contributed by atoms with Crippen molar-refractivity contribution in [2.24, 2.45) is 0 Å². The van der Waals surface area contributed by atoms with Crippen molar-refractivity contribution in [3.05, 3.63) is 64.4 Å². The zero-order chi connectivity index (χ0) is 20.7. The quantitative estimate of drug-likeness (QED) is 0.511. The molecule has 4 aromatic rings. The minimum Gasteiger partial charge on any atom is -0.334 e. The summed E-state index contributed by atoms with van der Waals surface area (Å²) in [6.45, 7) is 7.84. The molecule has 3 aromatic heterocycles. The smallest absolute Gasteiger partial charge is 0.264 e. The molecule has 0 saturated carbocycles. The number of rotatable bonds is 4. The molecule has 1 amide bonds. The van der Waals surface area contributed by atoms with Gasteiger partial charge in [-0.3, -0.25) is 4.79 Å². The Labute approximate surface area is 173 Å². The number of carbonyl (C=O) groups excluding carboxylic acids is 1. The summed E-state index contributed by atoms with van der Waals surface area (Å²) in [7, 11) is 1.84. The zero-order valence-electron chi connectivity index (χ0n) is 17.0. The van der Waals surface area contributed by atoms with Gasteiger partial charge in [0, 0.05) is 18.1 Å². The lowest BCUT2D eigenvalue weighted by atomic mass is 10.1. The molecule has 29 heavy (non-hydrogen) atoms. The molecule has 0 bridgehead atoms. The molecule has 3 heterocycles. The summed E-state index contributed by atoms with van der Waals surface area (Å²) in [6, 6.07) is 7.91. The summed E-state index contributed by atoms with van der Waals surface area (Å²) in [5, 5.41) is 5.13. The normalized spacial score (nSPS) is 12.3. The Balaban J connectivity index is 1.61. The summed E-state index contributed by atoms with van der Waals surface area (Å²) in [5.74, 6) is 0.722. The van der Waals surface area contributed by atoms with Crippen molar-refractivity contribution in [2.75, 3.05) is 7.05 Å². The third kappa shape index (κ3) is 3.40. The van der Waals surface area contributed by atoms with E-state index in [2.05, 4.69) is 20.1 Å². The van der Waals surface area contributed by atoms with Gasteiger partial charge in [0.2, 0.25) is 0 Å². The molecular formula is C21H22N6OS. The van der Waals surface area contributed by atoms with E-state index < -0.39 is 0 Å². The Morgan fingerprint density at radius 3 is 2.52 bits per heavy atom. The van der Waals surface area contributed by atoms with Crippen molar-refractivity contribution >= 4 is 27.5 Å². The number of thiophene rings is 1. The number of fused-ring (bicyclic) bond motifs is 1. The van der Waals surface area contributed by atoms with Crippen LogP contribution in [0.5, 0.6) is 0 Å². The maximum absolute atomic E-state index is 13.3. The Morgan fingerprint density at radius 1 is 1.14 bits per heavy atom. The van der Waals surface area contributed by atoms with Crippen LogP contribution in [0.3, 0.4) is 0 Å². The lowest BCUT2D eigenvalue weighted by molar-refractivity contribution is 0.0747. The van der Waals surface area contributed by atoms with Crippen LogP contribution in [0.1, 0.15) is 45.3 Å². The summed E-state index contributed by atoms with van der Waals surface area (Å²) < 4.78 is 1.70. The van der Waals surface area contributed by atoms with E-state index in [1.807, 2.05) is 59.0 Å². The Bertz CT molecular complexity index is 1180. The number of hydrogen-bond acceptors (Lipinski definition) is 6. The van der Waals surface area contributed by atoms with Gasteiger partial charge in [0.1, 0.15) is 23.3 Å². The van der Waals surface area contributed by atoms with Crippen molar-refractivity contribution in [3.8, 4) is 5.69 Å². The SMILES string of the molecule is Cc1nc(C)c2c(C)c(C(=O)N(C)[C@@H](C)c3ccc(-n4cncn4)cc3)sc2n1. The number of aryl methyl sites for hydroxylation is 3. The number of hydrogen-bond donors (Lipinski definition) is 0. The average Bonchev–Trinajstić information content (AvgIpc) is 3.35. The lowest BCUT2D eigenvalue weighted by Crippen LogP contribution is -2.29. The fraction of sp³-hybridized carbons (Fsp3) is 0.286. The van der Waals surface area contributed by atoms with E-state index in [0.29, 0.717) is 0 Å². The zero-order valence-corrected chi connectivity index (χ0v) is 17.9. The van der Waals surface area contributed by atoms with E-state index in [4.69, 9.17) is 0 Å². The largest absolute Gasteiger partial charge is 0.334 e. The molecule has 148 valence electrons. The fourth-order valence-electron chi connectivity index (χ4n) is 3.48. The van der Waals surface area contributed by atoms with Crippen LogP contribution in [0.15, 0.2) is 36.9 Å². The van der Waals surface area contributed by atoms with E-state index in [1.54, 1.807) is 15.9 Å². The summed E-state index contributed by atoms with van der Waals surface area (Å²) in [6.07, 6.45) is 3.16. The van der Waals surface area contributed by atoms with Gasteiger partial charge in [-0.2, -0.15) is 5.10 Å². The first kappa shape index (κ1) is 19.2. The number of aromatic nitrogens is 5. The second-order valence-corrected chi connectivity index (χ2v) is 8.12. The van der Waals surface area contributed by atoms with Crippen LogP contribution in [-0.2, 0) is 0 Å². The molecule has 0 saturated heterocycles. The molecule has 1 atom stereocenters. The summed E-state index contributed by atoms with van der Waals surface area (Å²) in [4.78, 5) is 29.6. The van der Waals surface area contributed by atoms with Gasteiger partial charge in [-0.05, 0) is 51.0 Å². The Morgan fingerprint density at radius 2 is 1.86 bits per heavy atom. The van der Waals surface area contributed by atoms with Gasteiger partial charge in [0.05, 0.1) is 16.6 Å². The minimum absolute atomic E-state index is 0.00425. The van der Waals surface area contributed by atoms with Crippen LogP contribution in [0.25, 0.3) is 15.9 Å². The van der Waals surface area contributed by atoms with Gasteiger partial charge in [0.15, 0.2) is 0 Å².